The van der Waals surface area contributed by atoms with Crippen molar-refractivity contribution in [3.05, 3.63) is 82.1 Å². The summed E-state index contributed by atoms with van der Waals surface area (Å²) in [5.74, 6) is -3.02. The van der Waals surface area contributed by atoms with Gasteiger partial charge in [-0.05, 0) is 43.5 Å². The fourth-order valence-corrected chi connectivity index (χ4v) is 4.25. The molecule has 1 atom stereocenters. The number of rotatable bonds is 5. The van der Waals surface area contributed by atoms with Crippen LogP contribution in [-0.2, 0) is 10.2 Å². The number of aromatic hydroxyl groups is 2. The number of benzene rings is 2. The van der Waals surface area contributed by atoms with Crippen LogP contribution in [0.3, 0.4) is 0 Å². The monoisotopic (exact) mass is 488 g/mol. The van der Waals surface area contributed by atoms with E-state index in [-0.39, 0.29) is 34.3 Å². The lowest BCUT2D eigenvalue weighted by Crippen LogP contribution is -2.29. The van der Waals surface area contributed by atoms with Crippen molar-refractivity contribution >= 4 is 28.5 Å². The summed E-state index contributed by atoms with van der Waals surface area (Å²) < 4.78 is 11.6. The molecule has 0 amide bonds. The number of para-hydroxylation sites is 1. The number of fused-ring (bicyclic) bond motifs is 2. The highest BCUT2D eigenvalue weighted by molar-refractivity contribution is 6.27. The minimum Gasteiger partial charge on any atom is -0.507 e. The first-order chi connectivity index (χ1) is 16.9. The Bertz CT molecular complexity index is 1460. The number of hydrogen-bond donors (Lipinski definition) is 2. The van der Waals surface area contributed by atoms with Crippen LogP contribution in [0.4, 0.5) is 0 Å². The second-order valence-corrected chi connectivity index (χ2v) is 10.1. The Hall–Kier alpha value is -4.13. The van der Waals surface area contributed by atoms with Crippen LogP contribution in [0.15, 0.2) is 64.1 Å². The van der Waals surface area contributed by atoms with E-state index in [1.165, 1.54) is 0 Å². The van der Waals surface area contributed by atoms with E-state index in [9.17, 15) is 24.6 Å². The highest BCUT2D eigenvalue weighted by Crippen LogP contribution is 2.37. The molecule has 0 bridgehead atoms. The first-order valence-corrected chi connectivity index (χ1v) is 11.6. The average molecular weight is 489 g/mol. The van der Waals surface area contributed by atoms with Crippen molar-refractivity contribution < 1.29 is 33.8 Å². The van der Waals surface area contributed by atoms with E-state index in [1.807, 2.05) is 52.8 Å². The molecule has 0 spiro atoms. The van der Waals surface area contributed by atoms with Gasteiger partial charge in [-0.25, -0.2) is 4.79 Å². The zero-order valence-electron chi connectivity index (χ0n) is 20.8. The van der Waals surface area contributed by atoms with E-state index >= 15 is 0 Å². The summed E-state index contributed by atoms with van der Waals surface area (Å²) in [6.45, 7) is 9.84. The van der Waals surface area contributed by atoms with E-state index in [4.69, 9.17) is 9.15 Å². The Balaban J connectivity index is 1.72. The molecule has 0 aliphatic heterocycles. The second kappa shape index (κ2) is 9.15. The number of furan rings is 1. The number of carbonyl (C=O) groups is 3. The van der Waals surface area contributed by atoms with E-state index in [1.54, 1.807) is 12.1 Å². The number of ketones is 2. The lowest BCUT2D eigenvalue weighted by molar-refractivity contribution is 0.0339. The van der Waals surface area contributed by atoms with Crippen LogP contribution >= 0.6 is 0 Å². The smallest absolute Gasteiger partial charge is 0.374 e. The van der Waals surface area contributed by atoms with Crippen molar-refractivity contribution in [2.45, 2.75) is 52.6 Å². The van der Waals surface area contributed by atoms with Gasteiger partial charge < -0.3 is 19.4 Å². The third kappa shape index (κ3) is 4.56. The molecule has 2 aromatic carbocycles. The minimum absolute atomic E-state index is 0.0278. The molecule has 7 nitrogen and oxygen atoms in total. The maximum Gasteiger partial charge on any atom is 0.374 e. The fourth-order valence-electron chi connectivity index (χ4n) is 4.25. The molecule has 1 heterocycles. The number of esters is 1. The molecule has 36 heavy (non-hydrogen) atoms. The summed E-state index contributed by atoms with van der Waals surface area (Å²) in [6, 6.07) is 9.54. The molecule has 1 aromatic heterocycles. The Morgan fingerprint density at radius 1 is 1.06 bits per heavy atom. The molecule has 0 unspecified atom stereocenters. The molecular formula is C29H28O7. The van der Waals surface area contributed by atoms with Crippen molar-refractivity contribution in [3.63, 3.8) is 0 Å². The summed E-state index contributed by atoms with van der Waals surface area (Å²) in [4.78, 5) is 39.3. The largest absolute Gasteiger partial charge is 0.507 e. The molecule has 186 valence electrons. The molecule has 7 heteroatoms. The van der Waals surface area contributed by atoms with Crippen LogP contribution in [0.2, 0.25) is 0 Å². The SMILES string of the molecule is CC(C)=CC[C@@H](OC(=O)c1cc2cccc(C(C)(C)C)c2o1)C1=CC(=O)c2c(O)ccc(O)c2C1=O. The lowest BCUT2D eigenvalue weighted by atomic mass is 9.85. The third-order valence-electron chi connectivity index (χ3n) is 6.07. The summed E-state index contributed by atoms with van der Waals surface area (Å²) in [5.41, 5.74) is 1.54. The van der Waals surface area contributed by atoms with Crippen LogP contribution in [-0.4, -0.2) is 33.9 Å². The molecule has 0 saturated carbocycles. The Morgan fingerprint density at radius 3 is 2.36 bits per heavy atom. The van der Waals surface area contributed by atoms with Crippen LogP contribution in [0.25, 0.3) is 11.0 Å². The van der Waals surface area contributed by atoms with Gasteiger partial charge in [-0.1, -0.05) is 50.6 Å². The second-order valence-electron chi connectivity index (χ2n) is 10.1. The van der Waals surface area contributed by atoms with Crippen LogP contribution in [0, 0.1) is 0 Å². The molecule has 3 aromatic rings. The third-order valence-corrected chi connectivity index (χ3v) is 6.07. The Labute approximate surface area is 208 Å². The summed E-state index contributed by atoms with van der Waals surface area (Å²) in [5, 5.41) is 21.1. The zero-order valence-corrected chi connectivity index (χ0v) is 20.8. The summed E-state index contributed by atoms with van der Waals surface area (Å²) >= 11 is 0. The molecule has 4 rings (SSSR count). The van der Waals surface area contributed by atoms with Gasteiger partial charge in [-0.2, -0.15) is 0 Å². The van der Waals surface area contributed by atoms with E-state index in [0.29, 0.717) is 5.58 Å². The quantitative estimate of drug-likeness (QED) is 0.256. The van der Waals surface area contributed by atoms with Gasteiger partial charge in [0.2, 0.25) is 5.76 Å². The van der Waals surface area contributed by atoms with Crippen molar-refractivity contribution in [1.29, 1.82) is 0 Å². The van der Waals surface area contributed by atoms with Gasteiger partial charge in [0.05, 0.1) is 11.1 Å². The topological polar surface area (TPSA) is 114 Å². The number of carbonyl (C=O) groups excluding carboxylic acids is 3. The molecule has 1 aliphatic carbocycles. The summed E-state index contributed by atoms with van der Waals surface area (Å²) in [6.07, 6.45) is 1.84. The summed E-state index contributed by atoms with van der Waals surface area (Å²) in [7, 11) is 0. The first-order valence-electron chi connectivity index (χ1n) is 11.6. The predicted molar refractivity (Wildman–Crippen MR) is 135 cm³/mol. The number of phenolic OH excluding ortho intramolecular Hbond substituents is 2. The van der Waals surface area contributed by atoms with Gasteiger partial charge in [0.1, 0.15) is 23.2 Å². The van der Waals surface area contributed by atoms with Crippen LogP contribution in [0.5, 0.6) is 11.5 Å². The zero-order chi connectivity index (χ0) is 26.4. The van der Waals surface area contributed by atoms with Crippen molar-refractivity contribution in [3.8, 4) is 11.5 Å². The maximum absolute atomic E-state index is 13.3. The van der Waals surface area contributed by atoms with Gasteiger partial charge in [0, 0.05) is 22.9 Å². The number of phenols is 2. The number of allylic oxidation sites excluding steroid dienone is 2. The molecular weight excluding hydrogens is 460 g/mol. The van der Waals surface area contributed by atoms with Gasteiger partial charge in [0.25, 0.3) is 0 Å². The highest BCUT2D eigenvalue weighted by atomic mass is 16.6. The highest BCUT2D eigenvalue weighted by Gasteiger charge is 2.36. The minimum atomic E-state index is -1.12. The van der Waals surface area contributed by atoms with Crippen molar-refractivity contribution in [2.75, 3.05) is 0 Å². The van der Waals surface area contributed by atoms with Crippen LogP contribution < -0.4 is 0 Å². The molecule has 1 aliphatic rings. The maximum atomic E-state index is 13.3. The lowest BCUT2D eigenvalue weighted by Gasteiger charge is -2.23. The van der Waals surface area contributed by atoms with Crippen molar-refractivity contribution in [1.82, 2.24) is 0 Å². The first kappa shape index (κ1) is 25.0. The average Bonchev–Trinajstić information content (AvgIpc) is 3.24. The van der Waals surface area contributed by atoms with Crippen LogP contribution in [0.1, 0.15) is 77.9 Å². The number of hydrogen-bond acceptors (Lipinski definition) is 7. The van der Waals surface area contributed by atoms with Crippen molar-refractivity contribution in [2.24, 2.45) is 0 Å². The number of ether oxygens (including phenoxy) is 1. The van der Waals surface area contributed by atoms with Gasteiger partial charge in [-0.15, -0.1) is 0 Å². The number of Topliss-reactive ketones (excluding diaryl/α,β-unsaturated/α-hetero) is 1. The van der Waals surface area contributed by atoms with E-state index < -0.39 is 35.1 Å². The molecule has 0 saturated heterocycles. The van der Waals surface area contributed by atoms with E-state index in [2.05, 4.69) is 0 Å². The molecule has 0 fully saturated rings. The van der Waals surface area contributed by atoms with Gasteiger partial charge in [0.15, 0.2) is 11.6 Å². The Morgan fingerprint density at radius 2 is 1.72 bits per heavy atom. The van der Waals surface area contributed by atoms with Gasteiger partial charge >= 0.3 is 5.97 Å². The van der Waals surface area contributed by atoms with Gasteiger partial charge in [-0.3, -0.25) is 9.59 Å². The predicted octanol–water partition coefficient (Wildman–Crippen LogP) is 6.03. The standard InChI is InChI=1S/C29H28O7/c1-15(2)9-12-22(17-14-21(32)24-19(30)10-11-20(31)25(24)26(17)33)36-28(34)23-13-16-7-6-8-18(27(16)35-23)29(3,4)5/h6-11,13-14,22,30-31H,12H2,1-5H3/t22-/m1/s1. The molecule has 0 radical (unpaired) electrons. The van der Waals surface area contributed by atoms with E-state index in [0.717, 1.165) is 34.7 Å². The Kier molecular flexibility index (Phi) is 6.35. The normalized spacial score (nSPS) is 14.3. The molecule has 2 N–H and O–H groups in total. The fraction of sp³-hybridized carbons (Fsp3) is 0.276.